The van der Waals surface area contributed by atoms with Crippen molar-refractivity contribution >= 4 is 5.78 Å². The quantitative estimate of drug-likeness (QED) is 0.605. The Balaban J connectivity index is 1.74. The first-order valence-corrected chi connectivity index (χ1v) is 6.25. The van der Waals surface area contributed by atoms with Crippen LogP contribution in [0.2, 0.25) is 0 Å². The minimum absolute atomic E-state index is 0.124. The fourth-order valence-electron chi connectivity index (χ4n) is 3.44. The number of fused-ring (bicyclic) bond motifs is 4. The fourth-order valence-corrected chi connectivity index (χ4v) is 3.44. The molecule has 3 heterocycles. The lowest BCUT2D eigenvalue weighted by atomic mass is 9.81. The van der Waals surface area contributed by atoms with Gasteiger partial charge in [-0.3, -0.25) is 9.63 Å². The number of ketones is 1. The van der Waals surface area contributed by atoms with Gasteiger partial charge in [0.15, 0.2) is 5.78 Å². The largest absolute Gasteiger partial charge is 0.342 e. The third-order valence-corrected chi connectivity index (χ3v) is 4.18. The Labute approximate surface area is 99.3 Å². The van der Waals surface area contributed by atoms with Gasteiger partial charge >= 0.3 is 0 Å². The zero-order chi connectivity index (χ0) is 11.5. The average Bonchev–Trinajstić information content (AvgIpc) is 2.99. The maximum atomic E-state index is 12.1. The molecule has 3 aliphatic heterocycles. The minimum Gasteiger partial charge on any atom is -0.342 e. The van der Waals surface area contributed by atoms with Crippen molar-refractivity contribution in [3.63, 3.8) is 0 Å². The van der Waals surface area contributed by atoms with Crippen LogP contribution >= 0.6 is 0 Å². The average molecular weight is 237 g/mol. The van der Waals surface area contributed by atoms with Gasteiger partial charge in [-0.1, -0.05) is 0 Å². The van der Waals surface area contributed by atoms with E-state index in [1.807, 2.05) is 5.06 Å². The first kappa shape index (κ1) is 10.2. The summed E-state index contributed by atoms with van der Waals surface area (Å²) in [7, 11) is 0. The van der Waals surface area contributed by atoms with E-state index in [9.17, 15) is 4.79 Å². The molecule has 17 heavy (non-hydrogen) atoms. The Morgan fingerprint density at radius 1 is 1.35 bits per heavy atom. The fraction of sp³-hybridized carbons (Fsp3) is 0.750. The number of hydrogen-bond donors (Lipinski definition) is 0. The molecule has 0 unspecified atom stereocenters. The summed E-state index contributed by atoms with van der Waals surface area (Å²) in [5.74, 6) is -0.794. The van der Waals surface area contributed by atoms with E-state index in [4.69, 9.17) is 14.3 Å². The van der Waals surface area contributed by atoms with Crippen molar-refractivity contribution in [3.8, 4) is 0 Å². The number of allylic oxidation sites excluding steroid dienone is 1. The summed E-state index contributed by atoms with van der Waals surface area (Å²) in [5, 5.41) is 1.95. The predicted octanol–water partition coefficient (Wildman–Crippen LogP) is 0.263. The number of carbonyl (C=O) groups excluding carboxylic acids is 1. The van der Waals surface area contributed by atoms with E-state index < -0.39 is 5.79 Å². The van der Waals surface area contributed by atoms with Crippen molar-refractivity contribution in [2.45, 2.75) is 30.8 Å². The van der Waals surface area contributed by atoms with E-state index in [2.05, 4.69) is 0 Å². The van der Waals surface area contributed by atoms with Crippen molar-refractivity contribution in [1.82, 2.24) is 5.06 Å². The number of hydrogen-bond acceptors (Lipinski definition) is 5. The van der Waals surface area contributed by atoms with E-state index in [1.54, 1.807) is 12.2 Å². The predicted molar refractivity (Wildman–Crippen MR) is 56.9 cm³/mol. The molecule has 5 heteroatoms. The first-order valence-electron chi connectivity index (χ1n) is 6.25. The molecule has 3 saturated heterocycles. The Kier molecular flexibility index (Phi) is 2.03. The van der Waals surface area contributed by atoms with Crippen LogP contribution in [-0.4, -0.2) is 48.5 Å². The highest BCUT2D eigenvalue weighted by molar-refractivity contribution is 5.94. The molecule has 0 amide bonds. The highest BCUT2D eigenvalue weighted by Crippen LogP contribution is 2.45. The molecule has 92 valence electrons. The maximum Gasteiger partial charge on any atom is 0.218 e. The Hall–Kier alpha value is -0.750. The standard InChI is InChI=1S/C12H15NO4/c14-9-3-4-12(15-6-7-16-12)11-10(9)8-2-1-5-13(8)17-11/h3-4,8,10-11H,1-2,5-7H2/t8-,10+,11+/m0/s1. The van der Waals surface area contributed by atoms with Crippen LogP contribution in [0.1, 0.15) is 12.8 Å². The van der Waals surface area contributed by atoms with Gasteiger partial charge in [-0.15, -0.1) is 0 Å². The van der Waals surface area contributed by atoms with Gasteiger partial charge in [-0.25, -0.2) is 0 Å². The van der Waals surface area contributed by atoms with Gasteiger partial charge in [0.05, 0.1) is 19.1 Å². The third kappa shape index (κ3) is 1.25. The second-order valence-electron chi connectivity index (χ2n) is 5.06. The molecule has 4 rings (SSSR count). The molecular weight excluding hydrogens is 222 g/mol. The van der Waals surface area contributed by atoms with Gasteiger partial charge in [0.1, 0.15) is 6.10 Å². The molecule has 1 aliphatic carbocycles. The summed E-state index contributed by atoms with van der Waals surface area (Å²) < 4.78 is 11.4. The summed E-state index contributed by atoms with van der Waals surface area (Å²) in [6.45, 7) is 2.03. The Bertz CT molecular complexity index is 388. The Morgan fingerprint density at radius 2 is 2.18 bits per heavy atom. The number of hydroxylamine groups is 2. The van der Waals surface area contributed by atoms with Crippen molar-refractivity contribution < 1.29 is 19.1 Å². The van der Waals surface area contributed by atoms with Crippen LogP contribution < -0.4 is 0 Å². The summed E-state index contributed by atoms with van der Waals surface area (Å²) >= 11 is 0. The number of nitrogens with zero attached hydrogens (tertiary/aromatic N) is 1. The van der Waals surface area contributed by atoms with Crippen LogP contribution in [0.15, 0.2) is 12.2 Å². The van der Waals surface area contributed by atoms with Crippen LogP contribution in [0, 0.1) is 5.92 Å². The number of ether oxygens (including phenoxy) is 2. The summed E-state index contributed by atoms with van der Waals surface area (Å²) in [6, 6.07) is 0.210. The normalized spacial score (nSPS) is 43.3. The zero-order valence-corrected chi connectivity index (χ0v) is 9.50. The van der Waals surface area contributed by atoms with Crippen molar-refractivity contribution in [2.24, 2.45) is 5.92 Å². The van der Waals surface area contributed by atoms with Gasteiger partial charge in [0.25, 0.3) is 0 Å². The summed E-state index contributed by atoms with van der Waals surface area (Å²) in [6.07, 6.45) is 5.16. The molecule has 0 saturated carbocycles. The lowest BCUT2D eigenvalue weighted by molar-refractivity contribution is -0.253. The van der Waals surface area contributed by atoms with Crippen LogP contribution in [0.3, 0.4) is 0 Å². The van der Waals surface area contributed by atoms with Crippen molar-refractivity contribution in [1.29, 1.82) is 0 Å². The van der Waals surface area contributed by atoms with Gasteiger partial charge in [0, 0.05) is 12.6 Å². The van der Waals surface area contributed by atoms with Crippen LogP contribution in [0.25, 0.3) is 0 Å². The van der Waals surface area contributed by atoms with E-state index in [0.717, 1.165) is 19.4 Å². The zero-order valence-electron chi connectivity index (χ0n) is 9.50. The second kappa shape index (κ2) is 3.38. The molecule has 0 bridgehead atoms. The van der Waals surface area contributed by atoms with Crippen molar-refractivity contribution in [3.05, 3.63) is 12.2 Å². The SMILES string of the molecule is O=C1C=CC2(OCCO2)[C@@H]2ON3CCC[C@H]3[C@H]12. The number of rotatable bonds is 0. The second-order valence-corrected chi connectivity index (χ2v) is 5.06. The van der Waals surface area contributed by atoms with Crippen LogP contribution in [0.5, 0.6) is 0 Å². The molecule has 3 atom stereocenters. The Morgan fingerprint density at radius 3 is 3.00 bits per heavy atom. The van der Waals surface area contributed by atoms with Gasteiger partial charge in [-0.2, -0.15) is 5.06 Å². The number of carbonyl (C=O) groups is 1. The van der Waals surface area contributed by atoms with Crippen LogP contribution in [-0.2, 0) is 19.1 Å². The first-order chi connectivity index (χ1) is 8.30. The van der Waals surface area contributed by atoms with E-state index in [-0.39, 0.29) is 23.8 Å². The molecule has 1 spiro atoms. The molecule has 0 N–H and O–H groups in total. The van der Waals surface area contributed by atoms with Crippen LogP contribution in [0.4, 0.5) is 0 Å². The highest BCUT2D eigenvalue weighted by atomic mass is 16.8. The highest BCUT2D eigenvalue weighted by Gasteiger charge is 2.60. The van der Waals surface area contributed by atoms with Gasteiger partial charge in [0.2, 0.25) is 5.79 Å². The van der Waals surface area contributed by atoms with E-state index in [1.165, 1.54) is 0 Å². The van der Waals surface area contributed by atoms with E-state index >= 15 is 0 Å². The third-order valence-electron chi connectivity index (χ3n) is 4.18. The monoisotopic (exact) mass is 237 g/mol. The van der Waals surface area contributed by atoms with E-state index in [0.29, 0.717) is 13.2 Å². The minimum atomic E-state index is -0.817. The maximum absolute atomic E-state index is 12.1. The molecule has 0 radical (unpaired) electrons. The molecular formula is C12H15NO4. The molecule has 4 aliphatic rings. The summed E-state index contributed by atoms with van der Waals surface area (Å²) in [5.41, 5.74) is 0. The van der Waals surface area contributed by atoms with Gasteiger partial charge < -0.3 is 9.47 Å². The molecule has 3 fully saturated rings. The van der Waals surface area contributed by atoms with Gasteiger partial charge in [-0.05, 0) is 25.0 Å². The lowest BCUT2D eigenvalue weighted by Crippen LogP contribution is -2.51. The summed E-state index contributed by atoms with van der Waals surface area (Å²) in [4.78, 5) is 18.0. The topological polar surface area (TPSA) is 48.0 Å². The molecule has 0 aromatic rings. The lowest BCUT2D eigenvalue weighted by Gasteiger charge is -2.35. The molecule has 0 aromatic heterocycles. The van der Waals surface area contributed by atoms with Crippen molar-refractivity contribution in [2.75, 3.05) is 19.8 Å². The molecule has 5 nitrogen and oxygen atoms in total. The molecule has 0 aromatic carbocycles. The smallest absolute Gasteiger partial charge is 0.218 e.